The van der Waals surface area contributed by atoms with Crippen LogP contribution >= 0.6 is 0 Å². The average Bonchev–Trinajstić information content (AvgIpc) is 2.79. The van der Waals surface area contributed by atoms with Crippen molar-refractivity contribution in [2.75, 3.05) is 63.6 Å². The first-order valence-electron chi connectivity index (χ1n) is 10.8. The molecule has 0 bridgehead atoms. The van der Waals surface area contributed by atoms with Gasteiger partial charge in [0.25, 0.3) is 5.91 Å². The lowest BCUT2D eigenvalue weighted by molar-refractivity contribution is -0.117. The number of hydrogen-bond donors (Lipinski definition) is 2. The van der Waals surface area contributed by atoms with Crippen molar-refractivity contribution in [2.45, 2.75) is 13.5 Å². The summed E-state index contributed by atoms with van der Waals surface area (Å²) in [6, 6.07) is 15.5. The van der Waals surface area contributed by atoms with E-state index in [1.54, 1.807) is 19.2 Å². The molecule has 0 atom stereocenters. The first kappa shape index (κ1) is 22.8. The molecular formula is C24H33N5O2. The van der Waals surface area contributed by atoms with Gasteiger partial charge in [0.05, 0.1) is 6.54 Å². The van der Waals surface area contributed by atoms with E-state index in [9.17, 15) is 9.59 Å². The molecule has 0 spiro atoms. The Balaban J connectivity index is 1.46. The zero-order valence-corrected chi connectivity index (χ0v) is 18.7. The van der Waals surface area contributed by atoms with Crippen molar-refractivity contribution in [2.24, 2.45) is 0 Å². The minimum atomic E-state index is -0.103. The van der Waals surface area contributed by atoms with Crippen LogP contribution in [0.2, 0.25) is 0 Å². The van der Waals surface area contributed by atoms with Crippen LogP contribution in [0.15, 0.2) is 48.5 Å². The van der Waals surface area contributed by atoms with Gasteiger partial charge in [0.1, 0.15) is 0 Å². The largest absolute Gasteiger partial charge is 0.369 e. The molecule has 1 fully saturated rings. The molecule has 1 heterocycles. The quantitative estimate of drug-likeness (QED) is 0.682. The van der Waals surface area contributed by atoms with E-state index in [2.05, 4.69) is 39.5 Å². The molecule has 7 heteroatoms. The molecule has 0 saturated carbocycles. The van der Waals surface area contributed by atoms with Gasteiger partial charge in [0.2, 0.25) is 5.91 Å². The minimum absolute atomic E-state index is 0.0474. The highest BCUT2D eigenvalue weighted by molar-refractivity contribution is 5.94. The van der Waals surface area contributed by atoms with E-state index in [-0.39, 0.29) is 18.4 Å². The van der Waals surface area contributed by atoms with Crippen molar-refractivity contribution < 1.29 is 9.59 Å². The molecule has 7 nitrogen and oxygen atoms in total. The molecule has 1 saturated heterocycles. The number of nitrogens with one attached hydrogen (secondary N) is 2. The van der Waals surface area contributed by atoms with Gasteiger partial charge in [-0.05, 0) is 55.6 Å². The molecule has 166 valence electrons. The second-order valence-corrected chi connectivity index (χ2v) is 7.96. The van der Waals surface area contributed by atoms with Gasteiger partial charge >= 0.3 is 0 Å². The minimum Gasteiger partial charge on any atom is -0.369 e. The fraction of sp³-hybridized carbons (Fsp3) is 0.417. The Kier molecular flexibility index (Phi) is 8.03. The first-order chi connectivity index (χ1) is 15.0. The van der Waals surface area contributed by atoms with Crippen LogP contribution in [0.4, 0.5) is 11.4 Å². The predicted octanol–water partition coefficient (Wildman–Crippen LogP) is 2.26. The van der Waals surface area contributed by atoms with Crippen LogP contribution in [0, 0.1) is 0 Å². The van der Waals surface area contributed by atoms with Gasteiger partial charge in [-0.3, -0.25) is 14.5 Å². The molecule has 2 aromatic carbocycles. The molecule has 0 aliphatic carbocycles. The first-order valence-corrected chi connectivity index (χ1v) is 10.8. The Morgan fingerprint density at radius 1 is 0.968 bits per heavy atom. The second-order valence-electron chi connectivity index (χ2n) is 7.96. The van der Waals surface area contributed by atoms with Crippen LogP contribution in [0.5, 0.6) is 0 Å². The third-order valence-electron chi connectivity index (χ3n) is 5.64. The Labute approximate surface area is 185 Å². The maximum Gasteiger partial charge on any atom is 0.251 e. The van der Waals surface area contributed by atoms with Crippen LogP contribution in [-0.4, -0.2) is 75.0 Å². The summed E-state index contributed by atoms with van der Waals surface area (Å²) in [7, 11) is 3.52. The summed E-state index contributed by atoms with van der Waals surface area (Å²) >= 11 is 0. The Hall–Kier alpha value is -2.90. The predicted molar refractivity (Wildman–Crippen MR) is 126 cm³/mol. The van der Waals surface area contributed by atoms with Gasteiger partial charge in [0, 0.05) is 56.7 Å². The molecule has 0 radical (unpaired) electrons. The smallest absolute Gasteiger partial charge is 0.251 e. The molecule has 2 aromatic rings. The fourth-order valence-electron chi connectivity index (χ4n) is 3.80. The summed E-state index contributed by atoms with van der Waals surface area (Å²) in [4.78, 5) is 30.8. The van der Waals surface area contributed by atoms with E-state index in [0.29, 0.717) is 12.1 Å². The van der Waals surface area contributed by atoms with Gasteiger partial charge in [-0.15, -0.1) is 0 Å². The SMILES string of the molecule is CCN1CCN(c2ccc(NC(=O)CN(C)Cc3ccc(C(=O)NC)cc3)cc2)CC1. The third-order valence-corrected chi connectivity index (χ3v) is 5.64. The molecule has 0 unspecified atom stereocenters. The molecule has 1 aliphatic rings. The number of anilines is 2. The number of piperazine rings is 1. The molecule has 3 rings (SSSR count). The van der Waals surface area contributed by atoms with Crippen molar-refractivity contribution in [3.63, 3.8) is 0 Å². The van der Waals surface area contributed by atoms with Crippen LogP contribution in [0.25, 0.3) is 0 Å². The Morgan fingerprint density at radius 2 is 1.61 bits per heavy atom. The number of rotatable bonds is 8. The Bertz CT molecular complexity index is 859. The summed E-state index contributed by atoms with van der Waals surface area (Å²) in [6.07, 6.45) is 0. The van der Waals surface area contributed by atoms with Crippen molar-refractivity contribution in [1.29, 1.82) is 0 Å². The number of nitrogens with zero attached hydrogens (tertiary/aromatic N) is 3. The molecule has 0 aromatic heterocycles. The van der Waals surface area contributed by atoms with E-state index < -0.39 is 0 Å². The normalized spacial score (nSPS) is 14.5. The average molecular weight is 424 g/mol. The zero-order valence-electron chi connectivity index (χ0n) is 18.7. The summed E-state index contributed by atoms with van der Waals surface area (Å²) in [6.45, 7) is 8.48. The lowest BCUT2D eigenvalue weighted by atomic mass is 10.1. The van der Waals surface area contributed by atoms with Crippen molar-refractivity contribution in [3.8, 4) is 0 Å². The van der Waals surface area contributed by atoms with E-state index in [0.717, 1.165) is 44.0 Å². The van der Waals surface area contributed by atoms with Crippen LogP contribution in [-0.2, 0) is 11.3 Å². The van der Waals surface area contributed by atoms with E-state index in [4.69, 9.17) is 0 Å². The molecule has 2 N–H and O–H groups in total. The van der Waals surface area contributed by atoms with E-state index in [1.807, 2.05) is 36.2 Å². The van der Waals surface area contributed by atoms with Gasteiger partial charge in [0.15, 0.2) is 0 Å². The summed E-state index contributed by atoms with van der Waals surface area (Å²) < 4.78 is 0. The molecular weight excluding hydrogens is 390 g/mol. The van der Waals surface area contributed by atoms with Crippen LogP contribution in [0.1, 0.15) is 22.8 Å². The van der Waals surface area contributed by atoms with Crippen molar-refractivity contribution in [3.05, 3.63) is 59.7 Å². The molecule has 1 aliphatic heterocycles. The van der Waals surface area contributed by atoms with Gasteiger partial charge < -0.3 is 20.4 Å². The monoisotopic (exact) mass is 423 g/mol. The van der Waals surface area contributed by atoms with Gasteiger partial charge in [-0.25, -0.2) is 0 Å². The van der Waals surface area contributed by atoms with Crippen LogP contribution in [0.3, 0.4) is 0 Å². The van der Waals surface area contributed by atoms with E-state index in [1.165, 1.54) is 5.69 Å². The zero-order chi connectivity index (χ0) is 22.2. The van der Waals surface area contributed by atoms with Gasteiger partial charge in [-0.1, -0.05) is 19.1 Å². The maximum atomic E-state index is 12.4. The number of carbonyl (C=O) groups excluding carboxylic acids is 2. The fourth-order valence-corrected chi connectivity index (χ4v) is 3.80. The molecule has 31 heavy (non-hydrogen) atoms. The lowest BCUT2D eigenvalue weighted by Gasteiger charge is -2.35. The topological polar surface area (TPSA) is 67.9 Å². The highest BCUT2D eigenvalue weighted by Crippen LogP contribution is 2.19. The summed E-state index contributed by atoms with van der Waals surface area (Å²) in [5.74, 6) is -0.151. The second kappa shape index (κ2) is 10.9. The highest BCUT2D eigenvalue weighted by Gasteiger charge is 2.16. The summed E-state index contributed by atoms with van der Waals surface area (Å²) in [5, 5.41) is 5.59. The number of carbonyl (C=O) groups is 2. The highest BCUT2D eigenvalue weighted by atomic mass is 16.2. The standard InChI is InChI=1S/C24H33N5O2/c1-4-28-13-15-29(16-14-28)22-11-9-21(10-12-22)26-23(30)18-27(3)17-19-5-7-20(8-6-19)24(31)25-2/h5-12H,4,13-18H2,1-3H3,(H,25,31)(H,26,30). The number of benzene rings is 2. The van der Waals surface area contributed by atoms with Crippen molar-refractivity contribution in [1.82, 2.24) is 15.1 Å². The van der Waals surface area contributed by atoms with Crippen molar-refractivity contribution >= 4 is 23.2 Å². The van der Waals surface area contributed by atoms with Gasteiger partial charge in [-0.2, -0.15) is 0 Å². The number of amides is 2. The van der Waals surface area contributed by atoms with E-state index >= 15 is 0 Å². The van der Waals surface area contributed by atoms with Crippen LogP contribution < -0.4 is 15.5 Å². The number of likely N-dealkylation sites (N-methyl/N-ethyl adjacent to an activating group) is 2. The molecule has 2 amide bonds. The maximum absolute atomic E-state index is 12.4. The summed E-state index contributed by atoms with van der Waals surface area (Å²) in [5.41, 5.74) is 3.69. The lowest BCUT2D eigenvalue weighted by Crippen LogP contribution is -2.46. The number of hydrogen-bond acceptors (Lipinski definition) is 5. The Morgan fingerprint density at radius 3 is 2.19 bits per heavy atom. The third kappa shape index (κ3) is 6.54.